The molecule has 4 rings (SSSR count). The summed E-state index contributed by atoms with van der Waals surface area (Å²) in [6.07, 6.45) is 2.67. The molecule has 0 atom stereocenters. The molecule has 0 saturated carbocycles. The minimum atomic E-state index is -0.150. The zero-order valence-electron chi connectivity index (χ0n) is 15.2. The second-order valence-corrected chi connectivity index (χ2v) is 6.45. The quantitative estimate of drug-likeness (QED) is 0.537. The largest absolute Gasteiger partial charge is 0.351 e. The minimum absolute atomic E-state index is 0.150. The molecule has 4 aromatic rings. The molecule has 27 heavy (non-hydrogen) atoms. The number of aryl methyl sites for hydroxylation is 2. The Morgan fingerprint density at radius 2 is 1.85 bits per heavy atom. The van der Waals surface area contributed by atoms with Crippen LogP contribution in [0.5, 0.6) is 0 Å². The van der Waals surface area contributed by atoms with Gasteiger partial charge in [-0.2, -0.15) is 5.10 Å². The number of carbonyl (C=O) groups is 1. The van der Waals surface area contributed by atoms with Crippen LogP contribution in [0.1, 0.15) is 22.6 Å². The van der Waals surface area contributed by atoms with Crippen molar-refractivity contribution >= 4 is 16.9 Å². The molecule has 0 unspecified atom stereocenters. The third-order valence-corrected chi connectivity index (χ3v) is 4.51. The molecule has 0 aliphatic rings. The molecule has 6 heteroatoms. The summed E-state index contributed by atoms with van der Waals surface area (Å²) in [6.45, 7) is 3.34. The second kappa shape index (κ2) is 7.45. The Hall–Kier alpha value is -3.41. The van der Waals surface area contributed by atoms with Crippen LogP contribution < -0.4 is 5.32 Å². The lowest BCUT2D eigenvalue weighted by molar-refractivity contribution is 0.0947. The fraction of sp³-hybridized carbons (Fsp3) is 0.190. The number of nitrogens with zero attached hydrogens (tertiary/aromatic N) is 4. The standard InChI is InChI=1S/C21H21N5O/c1-16-14-19(24-26(16)17-8-3-2-4-9-17)21(27)22-12-7-13-25-15-23-18-10-5-6-11-20(18)25/h2-6,8-11,14-15H,7,12-13H2,1H3,(H,22,27). The number of nitrogens with one attached hydrogen (secondary N) is 1. The van der Waals surface area contributed by atoms with Gasteiger partial charge in [-0.15, -0.1) is 0 Å². The summed E-state index contributed by atoms with van der Waals surface area (Å²) in [7, 11) is 0. The van der Waals surface area contributed by atoms with Crippen LogP contribution in [0, 0.1) is 6.92 Å². The van der Waals surface area contributed by atoms with E-state index in [1.54, 1.807) is 4.68 Å². The fourth-order valence-corrected chi connectivity index (χ4v) is 3.15. The van der Waals surface area contributed by atoms with Gasteiger partial charge in [0.25, 0.3) is 5.91 Å². The van der Waals surface area contributed by atoms with E-state index in [4.69, 9.17) is 0 Å². The molecule has 2 aromatic carbocycles. The van der Waals surface area contributed by atoms with E-state index in [-0.39, 0.29) is 5.91 Å². The number of fused-ring (bicyclic) bond motifs is 1. The molecule has 0 spiro atoms. The SMILES string of the molecule is Cc1cc(C(=O)NCCCn2cnc3ccccc32)nn1-c1ccccc1. The number of rotatable bonds is 6. The molecule has 0 aliphatic heterocycles. The van der Waals surface area contributed by atoms with Crippen molar-refractivity contribution in [3.63, 3.8) is 0 Å². The first kappa shape index (κ1) is 17.0. The second-order valence-electron chi connectivity index (χ2n) is 6.45. The van der Waals surface area contributed by atoms with E-state index in [1.165, 1.54) is 0 Å². The highest BCUT2D eigenvalue weighted by Crippen LogP contribution is 2.13. The highest BCUT2D eigenvalue weighted by Gasteiger charge is 2.12. The van der Waals surface area contributed by atoms with Gasteiger partial charge in [0.1, 0.15) is 0 Å². The highest BCUT2D eigenvalue weighted by atomic mass is 16.1. The van der Waals surface area contributed by atoms with Crippen molar-refractivity contribution in [3.8, 4) is 5.69 Å². The summed E-state index contributed by atoms with van der Waals surface area (Å²) in [4.78, 5) is 16.8. The summed E-state index contributed by atoms with van der Waals surface area (Å²) >= 11 is 0. The van der Waals surface area contributed by atoms with Crippen molar-refractivity contribution in [1.82, 2.24) is 24.6 Å². The number of carbonyl (C=O) groups excluding carboxylic acids is 1. The van der Waals surface area contributed by atoms with Gasteiger partial charge in [-0.05, 0) is 43.7 Å². The summed E-state index contributed by atoms with van der Waals surface area (Å²) in [6, 6.07) is 19.7. The van der Waals surface area contributed by atoms with E-state index in [9.17, 15) is 4.79 Å². The van der Waals surface area contributed by atoms with Crippen LogP contribution in [-0.2, 0) is 6.54 Å². The molecule has 6 nitrogen and oxygen atoms in total. The van der Waals surface area contributed by atoms with E-state index >= 15 is 0 Å². The van der Waals surface area contributed by atoms with Gasteiger partial charge in [-0.1, -0.05) is 30.3 Å². The Labute approximate surface area is 157 Å². The summed E-state index contributed by atoms with van der Waals surface area (Å²) < 4.78 is 3.89. The topological polar surface area (TPSA) is 64.7 Å². The van der Waals surface area contributed by atoms with Crippen LogP contribution in [0.25, 0.3) is 16.7 Å². The molecule has 1 N–H and O–H groups in total. The van der Waals surface area contributed by atoms with Crippen LogP contribution in [0.15, 0.2) is 67.0 Å². The van der Waals surface area contributed by atoms with Crippen molar-refractivity contribution in [1.29, 1.82) is 0 Å². The van der Waals surface area contributed by atoms with E-state index in [0.29, 0.717) is 12.2 Å². The first-order valence-electron chi connectivity index (χ1n) is 9.02. The van der Waals surface area contributed by atoms with Crippen LogP contribution >= 0.6 is 0 Å². The molecule has 2 heterocycles. The van der Waals surface area contributed by atoms with Crippen molar-refractivity contribution in [2.75, 3.05) is 6.54 Å². The number of benzene rings is 2. The Morgan fingerprint density at radius 3 is 2.70 bits per heavy atom. The van der Waals surface area contributed by atoms with Crippen LogP contribution in [-0.4, -0.2) is 31.8 Å². The van der Waals surface area contributed by atoms with Gasteiger partial charge in [0.2, 0.25) is 0 Å². The average Bonchev–Trinajstić information content (AvgIpc) is 3.29. The van der Waals surface area contributed by atoms with Gasteiger partial charge in [0, 0.05) is 18.8 Å². The first-order valence-corrected chi connectivity index (χ1v) is 9.02. The summed E-state index contributed by atoms with van der Waals surface area (Å²) in [5, 5.41) is 7.39. The maximum atomic E-state index is 12.4. The molecule has 1 amide bonds. The molecule has 0 bridgehead atoms. The monoisotopic (exact) mass is 359 g/mol. The van der Waals surface area contributed by atoms with Crippen LogP contribution in [0.2, 0.25) is 0 Å². The van der Waals surface area contributed by atoms with Gasteiger partial charge < -0.3 is 9.88 Å². The van der Waals surface area contributed by atoms with E-state index < -0.39 is 0 Å². The van der Waals surface area contributed by atoms with Gasteiger partial charge in [-0.3, -0.25) is 4.79 Å². The van der Waals surface area contributed by atoms with Crippen LogP contribution in [0.3, 0.4) is 0 Å². The molecular weight excluding hydrogens is 338 g/mol. The molecule has 0 fully saturated rings. The van der Waals surface area contributed by atoms with Crippen molar-refractivity contribution < 1.29 is 4.79 Å². The summed E-state index contributed by atoms with van der Waals surface area (Å²) in [5.74, 6) is -0.150. The Kier molecular flexibility index (Phi) is 4.70. The van der Waals surface area contributed by atoms with Gasteiger partial charge in [0.05, 0.1) is 23.0 Å². The third-order valence-electron chi connectivity index (χ3n) is 4.51. The van der Waals surface area contributed by atoms with Gasteiger partial charge in [-0.25, -0.2) is 9.67 Å². The normalized spacial score (nSPS) is 11.0. The zero-order chi connectivity index (χ0) is 18.6. The van der Waals surface area contributed by atoms with Gasteiger partial charge >= 0.3 is 0 Å². The number of para-hydroxylation sites is 3. The Morgan fingerprint density at radius 1 is 1.07 bits per heavy atom. The summed E-state index contributed by atoms with van der Waals surface area (Å²) in [5.41, 5.74) is 4.41. The zero-order valence-corrected chi connectivity index (χ0v) is 15.2. The molecule has 0 aliphatic carbocycles. The van der Waals surface area contributed by atoms with E-state index in [2.05, 4.69) is 26.0 Å². The van der Waals surface area contributed by atoms with Crippen molar-refractivity contribution in [2.24, 2.45) is 0 Å². The lowest BCUT2D eigenvalue weighted by Gasteiger charge is -2.06. The smallest absolute Gasteiger partial charge is 0.271 e. The lowest BCUT2D eigenvalue weighted by Crippen LogP contribution is -2.25. The predicted octanol–water partition coefficient (Wildman–Crippen LogP) is 3.35. The van der Waals surface area contributed by atoms with E-state index in [1.807, 2.05) is 67.8 Å². The third kappa shape index (κ3) is 3.60. The molecule has 136 valence electrons. The molecular formula is C21H21N5O. The number of hydrogen-bond acceptors (Lipinski definition) is 3. The number of imidazole rings is 1. The first-order chi connectivity index (χ1) is 13.2. The van der Waals surface area contributed by atoms with Crippen molar-refractivity contribution in [3.05, 3.63) is 78.4 Å². The van der Waals surface area contributed by atoms with Crippen LogP contribution in [0.4, 0.5) is 0 Å². The molecule has 0 radical (unpaired) electrons. The number of hydrogen-bond donors (Lipinski definition) is 1. The molecule has 2 aromatic heterocycles. The highest BCUT2D eigenvalue weighted by molar-refractivity contribution is 5.92. The Bertz CT molecular complexity index is 1060. The number of amides is 1. The minimum Gasteiger partial charge on any atom is -0.351 e. The van der Waals surface area contributed by atoms with E-state index in [0.717, 1.165) is 35.4 Å². The average molecular weight is 359 g/mol. The predicted molar refractivity (Wildman–Crippen MR) is 105 cm³/mol. The maximum Gasteiger partial charge on any atom is 0.271 e. The maximum absolute atomic E-state index is 12.4. The Balaban J connectivity index is 1.35. The fourth-order valence-electron chi connectivity index (χ4n) is 3.15. The van der Waals surface area contributed by atoms with Crippen molar-refractivity contribution in [2.45, 2.75) is 19.9 Å². The lowest BCUT2D eigenvalue weighted by atomic mass is 10.3. The van der Waals surface area contributed by atoms with Gasteiger partial charge in [0.15, 0.2) is 5.69 Å². The number of aromatic nitrogens is 4. The molecule has 0 saturated heterocycles.